The van der Waals surface area contributed by atoms with E-state index in [-0.39, 0.29) is 18.2 Å². The molecule has 0 aromatic heterocycles. The summed E-state index contributed by atoms with van der Waals surface area (Å²) < 4.78 is 39.3. The first-order chi connectivity index (χ1) is 12.0. The zero-order chi connectivity index (χ0) is 17.8. The van der Waals surface area contributed by atoms with E-state index >= 15 is 0 Å². The van der Waals surface area contributed by atoms with E-state index in [4.69, 9.17) is 21.1 Å². The van der Waals surface area contributed by atoms with Crippen molar-refractivity contribution in [3.63, 3.8) is 0 Å². The average molecular weight is 370 g/mol. The van der Waals surface area contributed by atoms with Crippen LogP contribution in [0, 0.1) is 0 Å². The summed E-state index contributed by atoms with van der Waals surface area (Å²) in [7, 11) is 0. The fourth-order valence-electron chi connectivity index (χ4n) is 2.32. The van der Waals surface area contributed by atoms with Crippen LogP contribution in [0.1, 0.15) is 15.9 Å². The van der Waals surface area contributed by atoms with Gasteiger partial charge in [0.1, 0.15) is 19.0 Å². The molecule has 1 heterocycles. The molecule has 2 aromatic rings. The standard InChI is InChI=1S/C17H14ClF2NO4/c18-13-7-11(8-14-15(13)24-6-5-23-14)16(22)21-9-10-1-3-12(4-2-10)25-17(19)20/h1-4,7-8,17H,5-6,9H2,(H,21,22). The highest BCUT2D eigenvalue weighted by Gasteiger charge is 2.19. The first-order valence-electron chi connectivity index (χ1n) is 7.44. The quantitative estimate of drug-likeness (QED) is 0.874. The summed E-state index contributed by atoms with van der Waals surface area (Å²) in [5, 5.41) is 3.03. The lowest BCUT2D eigenvalue weighted by atomic mass is 10.1. The van der Waals surface area contributed by atoms with E-state index in [0.717, 1.165) is 5.56 Å². The molecule has 0 radical (unpaired) electrons. The predicted octanol–water partition coefficient (Wildman–Crippen LogP) is 3.64. The Labute approximate surface area is 147 Å². The normalized spacial score (nSPS) is 12.8. The molecule has 2 aromatic carbocycles. The monoisotopic (exact) mass is 369 g/mol. The number of nitrogens with one attached hydrogen (secondary N) is 1. The zero-order valence-electron chi connectivity index (χ0n) is 12.9. The summed E-state index contributed by atoms with van der Waals surface area (Å²) in [6.07, 6.45) is 0. The number of benzene rings is 2. The zero-order valence-corrected chi connectivity index (χ0v) is 13.7. The predicted molar refractivity (Wildman–Crippen MR) is 86.7 cm³/mol. The molecule has 5 nitrogen and oxygen atoms in total. The van der Waals surface area contributed by atoms with Crippen LogP contribution in [0.4, 0.5) is 8.78 Å². The lowest BCUT2D eigenvalue weighted by Gasteiger charge is -2.20. The van der Waals surface area contributed by atoms with Crippen molar-refractivity contribution in [1.82, 2.24) is 5.32 Å². The van der Waals surface area contributed by atoms with Crippen molar-refractivity contribution in [3.05, 3.63) is 52.5 Å². The van der Waals surface area contributed by atoms with E-state index in [1.54, 1.807) is 18.2 Å². The Bertz CT molecular complexity index is 768. The molecule has 0 atom stereocenters. The van der Waals surface area contributed by atoms with Gasteiger partial charge in [0.25, 0.3) is 5.91 Å². The molecule has 1 aliphatic rings. The van der Waals surface area contributed by atoms with E-state index in [9.17, 15) is 13.6 Å². The number of hydrogen-bond donors (Lipinski definition) is 1. The molecular formula is C17H14ClF2NO4. The Balaban J connectivity index is 1.63. The molecule has 3 rings (SSSR count). The largest absolute Gasteiger partial charge is 0.486 e. The minimum Gasteiger partial charge on any atom is -0.486 e. The maximum atomic E-state index is 12.3. The SMILES string of the molecule is O=C(NCc1ccc(OC(F)F)cc1)c1cc(Cl)c2c(c1)OCCO2. The molecule has 0 saturated heterocycles. The molecule has 25 heavy (non-hydrogen) atoms. The second-order valence-electron chi connectivity index (χ2n) is 5.19. The van der Waals surface area contributed by atoms with Crippen LogP contribution in [0.5, 0.6) is 17.2 Å². The van der Waals surface area contributed by atoms with E-state index < -0.39 is 6.61 Å². The van der Waals surface area contributed by atoms with Gasteiger partial charge in [0.15, 0.2) is 11.5 Å². The summed E-state index contributed by atoms with van der Waals surface area (Å²) in [5.41, 5.74) is 1.07. The van der Waals surface area contributed by atoms with Crippen LogP contribution in [0.3, 0.4) is 0 Å². The third kappa shape index (κ3) is 4.30. The molecular weight excluding hydrogens is 356 g/mol. The molecule has 1 N–H and O–H groups in total. The maximum Gasteiger partial charge on any atom is 0.387 e. The number of carbonyl (C=O) groups excluding carboxylic acids is 1. The molecule has 0 unspecified atom stereocenters. The van der Waals surface area contributed by atoms with Crippen molar-refractivity contribution in [1.29, 1.82) is 0 Å². The number of halogens is 3. The first kappa shape index (κ1) is 17.3. The van der Waals surface area contributed by atoms with Gasteiger partial charge in [0.05, 0.1) is 5.02 Å². The van der Waals surface area contributed by atoms with E-state index in [0.29, 0.717) is 35.3 Å². The van der Waals surface area contributed by atoms with Gasteiger partial charge in [-0.15, -0.1) is 0 Å². The summed E-state index contributed by atoms with van der Waals surface area (Å²) in [6.45, 7) is -1.85. The van der Waals surface area contributed by atoms with Crippen molar-refractivity contribution in [2.24, 2.45) is 0 Å². The van der Waals surface area contributed by atoms with Crippen molar-refractivity contribution in [2.75, 3.05) is 13.2 Å². The number of fused-ring (bicyclic) bond motifs is 1. The van der Waals surface area contributed by atoms with E-state index in [1.807, 2.05) is 0 Å². The highest BCUT2D eigenvalue weighted by atomic mass is 35.5. The Hall–Kier alpha value is -2.54. The second-order valence-corrected chi connectivity index (χ2v) is 5.59. The average Bonchev–Trinajstić information content (AvgIpc) is 2.60. The molecule has 1 amide bonds. The molecule has 0 saturated carbocycles. The van der Waals surface area contributed by atoms with Gasteiger partial charge in [-0.2, -0.15) is 8.78 Å². The Kier molecular flexibility index (Phi) is 5.23. The number of rotatable bonds is 5. The molecule has 132 valence electrons. The van der Waals surface area contributed by atoms with Crippen LogP contribution in [0.2, 0.25) is 5.02 Å². The van der Waals surface area contributed by atoms with Crippen LogP contribution < -0.4 is 19.5 Å². The van der Waals surface area contributed by atoms with Crippen molar-refractivity contribution in [3.8, 4) is 17.2 Å². The molecule has 1 aliphatic heterocycles. The van der Waals surface area contributed by atoms with Crippen LogP contribution in [-0.4, -0.2) is 25.7 Å². The number of hydrogen-bond acceptors (Lipinski definition) is 4. The number of alkyl halides is 2. The van der Waals surface area contributed by atoms with Gasteiger partial charge < -0.3 is 19.5 Å². The fourth-order valence-corrected chi connectivity index (χ4v) is 2.58. The number of carbonyl (C=O) groups is 1. The van der Waals surface area contributed by atoms with Gasteiger partial charge in [-0.25, -0.2) is 0 Å². The van der Waals surface area contributed by atoms with Crippen LogP contribution in [0.25, 0.3) is 0 Å². The van der Waals surface area contributed by atoms with Gasteiger partial charge in [-0.3, -0.25) is 4.79 Å². The lowest BCUT2D eigenvalue weighted by molar-refractivity contribution is -0.0498. The smallest absolute Gasteiger partial charge is 0.387 e. The Morgan fingerprint density at radius 3 is 2.64 bits per heavy atom. The van der Waals surface area contributed by atoms with Gasteiger partial charge >= 0.3 is 6.61 Å². The van der Waals surface area contributed by atoms with Gasteiger partial charge in [0.2, 0.25) is 0 Å². The van der Waals surface area contributed by atoms with Crippen molar-refractivity contribution >= 4 is 17.5 Å². The van der Waals surface area contributed by atoms with E-state index in [2.05, 4.69) is 10.1 Å². The third-order valence-electron chi connectivity index (χ3n) is 3.46. The second kappa shape index (κ2) is 7.57. The summed E-state index contributed by atoms with van der Waals surface area (Å²) in [6, 6.07) is 9.08. The summed E-state index contributed by atoms with van der Waals surface area (Å²) in [5.74, 6) is 0.576. The molecule has 0 bridgehead atoms. The maximum absolute atomic E-state index is 12.3. The molecule has 0 fully saturated rings. The number of ether oxygens (including phenoxy) is 3. The first-order valence-corrected chi connectivity index (χ1v) is 7.82. The summed E-state index contributed by atoms with van der Waals surface area (Å²) >= 11 is 6.11. The molecule has 0 spiro atoms. The van der Waals surface area contributed by atoms with Gasteiger partial charge in [0, 0.05) is 12.1 Å². The summed E-state index contributed by atoms with van der Waals surface area (Å²) in [4.78, 5) is 12.3. The Morgan fingerprint density at radius 2 is 1.92 bits per heavy atom. The topological polar surface area (TPSA) is 56.8 Å². The van der Waals surface area contributed by atoms with E-state index in [1.165, 1.54) is 18.2 Å². The van der Waals surface area contributed by atoms with Crippen LogP contribution in [-0.2, 0) is 6.54 Å². The minimum absolute atomic E-state index is 0.0590. The Morgan fingerprint density at radius 1 is 1.20 bits per heavy atom. The molecule has 0 aliphatic carbocycles. The highest BCUT2D eigenvalue weighted by Crippen LogP contribution is 2.38. The minimum atomic E-state index is -2.87. The van der Waals surface area contributed by atoms with Crippen molar-refractivity contribution < 1.29 is 27.8 Å². The fraction of sp³-hybridized carbons (Fsp3) is 0.235. The number of amides is 1. The van der Waals surface area contributed by atoms with Crippen LogP contribution in [0.15, 0.2) is 36.4 Å². The van der Waals surface area contributed by atoms with Gasteiger partial charge in [-0.1, -0.05) is 23.7 Å². The van der Waals surface area contributed by atoms with Gasteiger partial charge in [-0.05, 0) is 29.8 Å². The highest BCUT2D eigenvalue weighted by molar-refractivity contribution is 6.32. The van der Waals surface area contributed by atoms with Crippen LogP contribution >= 0.6 is 11.6 Å². The third-order valence-corrected chi connectivity index (χ3v) is 3.74. The van der Waals surface area contributed by atoms with Crippen molar-refractivity contribution in [2.45, 2.75) is 13.2 Å². The lowest BCUT2D eigenvalue weighted by Crippen LogP contribution is -2.23. The molecule has 8 heteroatoms.